The Balaban J connectivity index is 2.48. The molecule has 2 aromatic heterocycles. The van der Waals surface area contributed by atoms with Gasteiger partial charge in [0.2, 0.25) is 0 Å². The number of aromatic nitrogens is 2. The van der Waals surface area contributed by atoms with Gasteiger partial charge >= 0.3 is 0 Å². The summed E-state index contributed by atoms with van der Waals surface area (Å²) in [6.07, 6.45) is 0. The van der Waals surface area contributed by atoms with Crippen molar-refractivity contribution >= 4 is 11.2 Å². The zero-order valence-corrected chi connectivity index (χ0v) is 16.1. The maximum absolute atomic E-state index is 9.72. The Morgan fingerprint density at radius 3 is 2.50 bits per heavy atom. The molecular weight excluding hydrogens is 324 g/mol. The monoisotopic (exact) mass is 348 g/mol. The Hall–Kier alpha value is -3.00. The second-order valence-corrected chi connectivity index (χ2v) is 6.97. The smallest absolute Gasteiger partial charge is 0.122 e. The van der Waals surface area contributed by atoms with Gasteiger partial charge in [0.05, 0.1) is 29.7 Å². The predicted octanol–water partition coefficient (Wildman–Crippen LogP) is 4.51. The summed E-state index contributed by atoms with van der Waals surface area (Å²) in [5.74, 6) is 1.10. The lowest BCUT2D eigenvalue weighted by molar-refractivity contribution is 0.412. The van der Waals surface area contributed by atoms with Crippen molar-refractivity contribution in [3.8, 4) is 23.1 Å². The number of nitrogen functional groups attached to an aromatic ring is 1. The van der Waals surface area contributed by atoms with Gasteiger partial charge in [-0.15, -0.1) is 0 Å². The number of ether oxygens (including phenoxy) is 1. The number of hydrogen-bond donors (Lipinski definition) is 1. The number of rotatable bonds is 3. The van der Waals surface area contributed by atoms with E-state index in [4.69, 9.17) is 15.6 Å². The number of fused-ring (bicyclic) bond motifs is 1. The largest absolute Gasteiger partial charge is 0.496 e. The Bertz CT molecular complexity index is 1050. The maximum Gasteiger partial charge on any atom is 0.122 e. The van der Waals surface area contributed by atoms with Gasteiger partial charge in [-0.25, -0.2) is 4.52 Å². The zero-order valence-electron chi connectivity index (χ0n) is 16.1. The molecule has 0 aliphatic heterocycles. The number of anilines is 1. The molecule has 0 saturated carbocycles. The number of hydrogen-bond acceptors (Lipinski definition) is 4. The second-order valence-electron chi connectivity index (χ2n) is 6.97. The number of benzene rings is 1. The molecule has 3 aromatic rings. The van der Waals surface area contributed by atoms with Crippen molar-refractivity contribution in [3.05, 3.63) is 46.1 Å². The van der Waals surface area contributed by atoms with Crippen LogP contribution in [-0.4, -0.2) is 16.7 Å². The van der Waals surface area contributed by atoms with E-state index in [1.54, 1.807) is 7.11 Å². The van der Waals surface area contributed by atoms with Crippen molar-refractivity contribution in [3.63, 3.8) is 0 Å². The topological polar surface area (TPSA) is 76.3 Å². The fourth-order valence-corrected chi connectivity index (χ4v) is 3.65. The molecule has 2 heterocycles. The standard InChI is InChI=1S/C21H24N4O/c1-11(2)15-9-17-16(10-22)20(23)21(25(17)24-14(15)5)19-12(3)7-8-18(26-6)13(19)4/h7-9,11H,23H2,1-6H3. The van der Waals surface area contributed by atoms with Crippen LogP contribution in [0.5, 0.6) is 5.75 Å². The Labute approximate surface area is 154 Å². The number of nitrogens with zero attached hydrogens (tertiary/aromatic N) is 3. The number of aryl methyl sites for hydroxylation is 2. The van der Waals surface area contributed by atoms with Crippen molar-refractivity contribution in [1.29, 1.82) is 5.26 Å². The van der Waals surface area contributed by atoms with Gasteiger partial charge < -0.3 is 10.5 Å². The summed E-state index contributed by atoms with van der Waals surface area (Å²) in [7, 11) is 1.65. The number of nitrogens with two attached hydrogens (primary N) is 1. The molecule has 1 aromatic carbocycles. The highest BCUT2D eigenvalue weighted by atomic mass is 16.5. The highest BCUT2D eigenvalue weighted by molar-refractivity contribution is 5.90. The molecule has 0 unspecified atom stereocenters. The van der Waals surface area contributed by atoms with Crippen LogP contribution in [0.2, 0.25) is 0 Å². The lowest BCUT2D eigenvalue weighted by Crippen LogP contribution is -2.04. The van der Waals surface area contributed by atoms with Gasteiger partial charge in [0.1, 0.15) is 17.4 Å². The molecule has 0 spiro atoms. The third kappa shape index (κ3) is 2.50. The molecule has 0 aliphatic carbocycles. The Morgan fingerprint density at radius 2 is 1.92 bits per heavy atom. The lowest BCUT2D eigenvalue weighted by Gasteiger charge is -2.15. The van der Waals surface area contributed by atoms with Crippen LogP contribution < -0.4 is 10.5 Å². The van der Waals surface area contributed by atoms with Gasteiger partial charge in [-0.05, 0) is 49.9 Å². The van der Waals surface area contributed by atoms with E-state index < -0.39 is 0 Å². The molecule has 0 radical (unpaired) electrons. The number of methoxy groups -OCH3 is 1. The van der Waals surface area contributed by atoms with Gasteiger partial charge in [0.25, 0.3) is 0 Å². The van der Waals surface area contributed by atoms with Crippen molar-refractivity contribution in [2.24, 2.45) is 0 Å². The second kappa shape index (κ2) is 6.38. The molecular formula is C21H24N4O. The fourth-order valence-electron chi connectivity index (χ4n) is 3.65. The maximum atomic E-state index is 9.72. The molecule has 5 nitrogen and oxygen atoms in total. The third-order valence-electron chi connectivity index (χ3n) is 4.99. The summed E-state index contributed by atoms with van der Waals surface area (Å²) in [4.78, 5) is 0. The first-order chi connectivity index (χ1) is 12.3. The van der Waals surface area contributed by atoms with Crippen LogP contribution >= 0.6 is 0 Å². The molecule has 134 valence electrons. The summed E-state index contributed by atoms with van der Waals surface area (Å²) in [5, 5.41) is 14.5. The van der Waals surface area contributed by atoms with Crippen molar-refractivity contribution in [2.45, 2.75) is 40.5 Å². The average molecular weight is 348 g/mol. The summed E-state index contributed by atoms with van der Waals surface area (Å²) in [6.45, 7) is 10.3. The van der Waals surface area contributed by atoms with Gasteiger partial charge in [-0.1, -0.05) is 19.9 Å². The van der Waals surface area contributed by atoms with Crippen LogP contribution in [0.25, 0.3) is 16.8 Å². The van der Waals surface area contributed by atoms with Crippen molar-refractivity contribution < 1.29 is 4.74 Å². The van der Waals surface area contributed by atoms with Gasteiger partial charge in [-0.3, -0.25) is 0 Å². The Morgan fingerprint density at radius 1 is 1.23 bits per heavy atom. The molecule has 26 heavy (non-hydrogen) atoms. The van der Waals surface area contributed by atoms with Crippen LogP contribution in [0.4, 0.5) is 5.69 Å². The van der Waals surface area contributed by atoms with E-state index in [0.29, 0.717) is 17.2 Å². The van der Waals surface area contributed by atoms with Crippen LogP contribution in [0.1, 0.15) is 47.7 Å². The van der Waals surface area contributed by atoms with Crippen molar-refractivity contribution in [1.82, 2.24) is 9.61 Å². The van der Waals surface area contributed by atoms with E-state index in [2.05, 4.69) is 19.9 Å². The summed E-state index contributed by atoms with van der Waals surface area (Å²) < 4.78 is 7.30. The molecule has 0 atom stereocenters. The first kappa shape index (κ1) is 17.8. The van der Waals surface area contributed by atoms with Gasteiger partial charge in [0.15, 0.2) is 0 Å². The van der Waals surface area contributed by atoms with E-state index in [0.717, 1.165) is 44.9 Å². The van der Waals surface area contributed by atoms with E-state index in [1.165, 1.54) is 0 Å². The van der Waals surface area contributed by atoms with Crippen LogP contribution in [-0.2, 0) is 0 Å². The van der Waals surface area contributed by atoms with Crippen molar-refractivity contribution in [2.75, 3.05) is 12.8 Å². The normalized spacial score (nSPS) is 11.2. The summed E-state index contributed by atoms with van der Waals surface area (Å²) in [5.41, 5.74) is 13.9. The first-order valence-electron chi connectivity index (χ1n) is 8.68. The Kier molecular flexibility index (Phi) is 4.37. The van der Waals surface area contributed by atoms with E-state index >= 15 is 0 Å². The quantitative estimate of drug-likeness (QED) is 0.755. The highest BCUT2D eigenvalue weighted by Crippen LogP contribution is 2.40. The van der Waals surface area contributed by atoms with Crippen LogP contribution in [0, 0.1) is 32.1 Å². The molecule has 2 N–H and O–H groups in total. The van der Waals surface area contributed by atoms with Gasteiger partial charge in [0, 0.05) is 11.1 Å². The average Bonchev–Trinajstić information content (AvgIpc) is 2.85. The minimum absolute atomic E-state index is 0.318. The van der Waals surface area contributed by atoms with E-state index in [9.17, 15) is 5.26 Å². The minimum Gasteiger partial charge on any atom is -0.496 e. The molecule has 0 bridgehead atoms. The molecule has 0 fully saturated rings. The summed E-state index contributed by atoms with van der Waals surface area (Å²) in [6, 6.07) is 8.25. The van der Waals surface area contributed by atoms with Crippen LogP contribution in [0.15, 0.2) is 18.2 Å². The highest BCUT2D eigenvalue weighted by Gasteiger charge is 2.23. The number of nitriles is 1. The molecule has 3 rings (SSSR count). The predicted molar refractivity (Wildman–Crippen MR) is 105 cm³/mol. The third-order valence-corrected chi connectivity index (χ3v) is 4.99. The van der Waals surface area contributed by atoms with Gasteiger partial charge in [-0.2, -0.15) is 10.4 Å². The van der Waals surface area contributed by atoms with Crippen LogP contribution in [0.3, 0.4) is 0 Å². The molecule has 5 heteroatoms. The molecule has 0 aliphatic rings. The van der Waals surface area contributed by atoms with E-state index in [1.807, 2.05) is 43.5 Å². The zero-order chi connectivity index (χ0) is 19.2. The summed E-state index contributed by atoms with van der Waals surface area (Å²) >= 11 is 0. The SMILES string of the molecule is COc1ccc(C)c(-c2c(N)c(C#N)c3cc(C(C)C)c(C)nn23)c1C. The van der Waals surface area contributed by atoms with E-state index in [-0.39, 0.29) is 0 Å². The fraction of sp³-hybridized carbons (Fsp3) is 0.333. The molecule has 0 saturated heterocycles. The minimum atomic E-state index is 0.318. The first-order valence-corrected chi connectivity index (χ1v) is 8.68. The lowest BCUT2D eigenvalue weighted by atomic mass is 9.98. The molecule has 0 amide bonds.